The molecule has 4 heterocycles. The maximum atomic E-state index is 12.1. The number of carbonyl (C=O) groups excluding carboxylic acids is 1. The third kappa shape index (κ3) is 7.30. The van der Waals surface area contributed by atoms with Crippen LogP contribution < -0.4 is 24.8 Å². The highest BCUT2D eigenvalue weighted by Crippen LogP contribution is 2.44. The van der Waals surface area contributed by atoms with E-state index in [4.69, 9.17) is 35.8 Å². The standard InChI is InChI=1S/C41H46ClN5O6/c1-24-20-26(23-47-19-7-18-41(47,2)40(49)50)39(52-4)46-37(24)53-34-16-14-29-28(8-5-9-30(29)34)31-10-6-11-32(36(31)42)33-15-12-25(38(45-33)51-3)21-43-22-27-13-17-35(48)44-27/h5-6,8-12,15,20,27,34,43H,7,13-14,16-19,21-23H2,1-4H3,(H,44,48)(H,49,50)/t27-,34-,41+/m0/s1. The van der Waals surface area contributed by atoms with E-state index in [1.165, 1.54) is 5.56 Å². The highest BCUT2D eigenvalue weighted by Gasteiger charge is 2.43. The second-order valence-corrected chi connectivity index (χ2v) is 14.7. The number of fused-ring (bicyclic) bond motifs is 1. The number of hydrogen-bond acceptors (Lipinski definition) is 9. The van der Waals surface area contributed by atoms with Gasteiger partial charge in [0.2, 0.25) is 23.5 Å². The summed E-state index contributed by atoms with van der Waals surface area (Å²) in [5, 5.41) is 16.9. The molecular formula is C41H46ClN5O6. The van der Waals surface area contributed by atoms with Gasteiger partial charge in [-0.3, -0.25) is 14.5 Å². The molecule has 0 bridgehead atoms. The van der Waals surface area contributed by atoms with Crippen LogP contribution in [0.25, 0.3) is 22.4 Å². The lowest BCUT2D eigenvalue weighted by atomic mass is 9.94. The minimum Gasteiger partial charge on any atom is -0.481 e. The summed E-state index contributed by atoms with van der Waals surface area (Å²) in [6, 6.07) is 18.4. The Bertz CT molecular complexity index is 2040. The van der Waals surface area contributed by atoms with Gasteiger partial charge in [-0.1, -0.05) is 54.1 Å². The van der Waals surface area contributed by atoms with Crippen LogP contribution in [-0.2, 0) is 29.1 Å². The number of hydrogen-bond donors (Lipinski definition) is 3. The summed E-state index contributed by atoms with van der Waals surface area (Å²) in [6.45, 7) is 6.13. The van der Waals surface area contributed by atoms with Crippen LogP contribution in [0, 0.1) is 6.92 Å². The van der Waals surface area contributed by atoms with Crippen molar-refractivity contribution in [2.75, 3.05) is 27.3 Å². The Morgan fingerprint density at radius 3 is 2.51 bits per heavy atom. The van der Waals surface area contributed by atoms with Gasteiger partial charge in [-0.2, -0.15) is 4.98 Å². The van der Waals surface area contributed by atoms with E-state index in [0.717, 1.165) is 64.6 Å². The molecule has 4 aromatic rings. The van der Waals surface area contributed by atoms with Crippen molar-refractivity contribution in [2.45, 2.75) is 83.1 Å². The molecule has 278 valence electrons. The number of nitrogens with zero attached hydrogens (tertiary/aromatic N) is 3. The molecule has 2 aromatic heterocycles. The number of likely N-dealkylation sites (tertiary alicyclic amines) is 1. The molecule has 1 amide bonds. The number of methoxy groups -OCH3 is 2. The molecule has 53 heavy (non-hydrogen) atoms. The molecule has 7 rings (SSSR count). The van der Waals surface area contributed by atoms with Crippen LogP contribution in [0.1, 0.15) is 72.9 Å². The number of aromatic nitrogens is 2. The number of amides is 1. The van der Waals surface area contributed by atoms with E-state index in [0.29, 0.717) is 67.4 Å². The number of carbonyl (C=O) groups is 2. The fourth-order valence-corrected chi connectivity index (χ4v) is 8.30. The first kappa shape index (κ1) is 36.6. The Kier molecular flexibility index (Phi) is 10.6. The minimum atomic E-state index is -0.912. The van der Waals surface area contributed by atoms with Gasteiger partial charge in [-0.05, 0) is 81.3 Å². The second kappa shape index (κ2) is 15.3. The van der Waals surface area contributed by atoms with E-state index < -0.39 is 11.5 Å². The van der Waals surface area contributed by atoms with Crippen LogP contribution in [0.3, 0.4) is 0 Å². The molecule has 11 nitrogen and oxygen atoms in total. The lowest BCUT2D eigenvalue weighted by Crippen LogP contribution is -2.47. The number of halogens is 1. The summed E-state index contributed by atoms with van der Waals surface area (Å²) in [5.41, 5.74) is 7.48. The zero-order valence-electron chi connectivity index (χ0n) is 30.6. The largest absolute Gasteiger partial charge is 0.481 e. The van der Waals surface area contributed by atoms with Gasteiger partial charge in [-0.15, -0.1) is 0 Å². The first-order valence-electron chi connectivity index (χ1n) is 18.2. The normalized spacial score (nSPS) is 21.0. The van der Waals surface area contributed by atoms with Crippen LogP contribution in [0.2, 0.25) is 5.02 Å². The third-order valence-corrected chi connectivity index (χ3v) is 11.4. The van der Waals surface area contributed by atoms with Gasteiger partial charge in [0.05, 0.1) is 24.9 Å². The minimum absolute atomic E-state index is 0.103. The monoisotopic (exact) mass is 739 g/mol. The number of aryl methyl sites for hydroxylation is 1. The number of carboxylic acids is 1. The Labute approximate surface area is 315 Å². The topological polar surface area (TPSA) is 135 Å². The molecule has 3 N–H and O–H groups in total. The fraction of sp³-hybridized carbons (Fsp3) is 0.415. The molecule has 1 aliphatic carbocycles. The molecule has 2 aromatic carbocycles. The number of rotatable bonds is 13. The Balaban J connectivity index is 1.10. The predicted molar refractivity (Wildman–Crippen MR) is 202 cm³/mol. The number of benzene rings is 2. The van der Waals surface area contributed by atoms with E-state index in [1.807, 2.05) is 54.3 Å². The van der Waals surface area contributed by atoms with Crippen molar-refractivity contribution >= 4 is 23.5 Å². The second-order valence-electron chi connectivity index (χ2n) is 14.4. The van der Waals surface area contributed by atoms with Crippen LogP contribution in [0.5, 0.6) is 17.6 Å². The van der Waals surface area contributed by atoms with Gasteiger partial charge >= 0.3 is 5.97 Å². The highest BCUT2D eigenvalue weighted by atomic mass is 35.5. The molecule has 2 aliphatic heterocycles. The molecule has 0 spiro atoms. The zero-order valence-corrected chi connectivity index (χ0v) is 31.4. The number of nitrogens with one attached hydrogen (secondary N) is 2. The molecular weight excluding hydrogens is 694 g/mol. The van der Waals surface area contributed by atoms with Gasteiger partial charge in [0, 0.05) is 59.9 Å². The molecule has 12 heteroatoms. The number of ether oxygens (including phenoxy) is 3. The van der Waals surface area contributed by atoms with Crippen LogP contribution in [0.4, 0.5) is 0 Å². The molecule has 3 atom stereocenters. The number of carboxylic acid groups (broad SMARTS) is 1. The lowest BCUT2D eigenvalue weighted by molar-refractivity contribution is -0.149. The van der Waals surface area contributed by atoms with Crippen molar-refractivity contribution in [2.24, 2.45) is 0 Å². The quantitative estimate of drug-likeness (QED) is 0.137. The average molecular weight is 740 g/mol. The van der Waals surface area contributed by atoms with Crippen molar-refractivity contribution in [3.05, 3.63) is 87.4 Å². The summed E-state index contributed by atoms with van der Waals surface area (Å²) >= 11 is 7.20. The Morgan fingerprint density at radius 1 is 1.00 bits per heavy atom. The summed E-state index contributed by atoms with van der Waals surface area (Å²) in [4.78, 5) is 35.2. The van der Waals surface area contributed by atoms with Gasteiger partial charge in [0.25, 0.3) is 0 Å². The van der Waals surface area contributed by atoms with E-state index in [1.54, 1.807) is 21.1 Å². The van der Waals surface area contributed by atoms with Crippen LogP contribution in [-0.4, -0.2) is 70.7 Å². The van der Waals surface area contributed by atoms with Crippen LogP contribution in [0.15, 0.2) is 54.6 Å². The fourth-order valence-electron chi connectivity index (χ4n) is 7.97. The number of aliphatic carboxylic acids is 1. The third-order valence-electron chi connectivity index (χ3n) is 11.0. The van der Waals surface area contributed by atoms with Gasteiger partial charge in [0.15, 0.2) is 0 Å². The SMILES string of the molecule is COc1nc(-c2cccc(-c3cccc4c3CC[C@@H]4Oc3nc(OC)c(CN4CCC[C@]4(C)C(=O)O)cc3C)c2Cl)ccc1CNC[C@@H]1CCC(=O)N1. The molecule has 0 saturated carbocycles. The van der Waals surface area contributed by atoms with E-state index in [2.05, 4.69) is 22.8 Å². The van der Waals surface area contributed by atoms with Crippen LogP contribution >= 0.6 is 11.6 Å². The number of pyridine rings is 2. The summed E-state index contributed by atoms with van der Waals surface area (Å²) in [7, 11) is 3.20. The van der Waals surface area contributed by atoms with Crippen molar-refractivity contribution in [1.82, 2.24) is 25.5 Å². The summed E-state index contributed by atoms with van der Waals surface area (Å²) < 4.78 is 18.0. The molecule has 2 saturated heterocycles. The van der Waals surface area contributed by atoms with Gasteiger partial charge in [0.1, 0.15) is 11.6 Å². The summed E-state index contributed by atoms with van der Waals surface area (Å²) in [5.74, 6) is 0.755. The van der Waals surface area contributed by atoms with Crippen molar-refractivity contribution in [3.8, 4) is 40.0 Å². The van der Waals surface area contributed by atoms with Gasteiger partial charge in [-0.25, -0.2) is 4.98 Å². The van der Waals surface area contributed by atoms with E-state index >= 15 is 0 Å². The average Bonchev–Trinajstić information content (AvgIpc) is 3.88. The maximum absolute atomic E-state index is 12.1. The molecule has 0 unspecified atom stereocenters. The summed E-state index contributed by atoms with van der Waals surface area (Å²) in [6.07, 6.45) is 4.24. The Morgan fingerprint density at radius 2 is 1.75 bits per heavy atom. The first-order chi connectivity index (χ1) is 25.6. The van der Waals surface area contributed by atoms with Gasteiger partial charge < -0.3 is 30.0 Å². The molecule has 2 fully saturated rings. The van der Waals surface area contributed by atoms with Crippen molar-refractivity contribution < 1.29 is 28.9 Å². The molecule has 0 radical (unpaired) electrons. The maximum Gasteiger partial charge on any atom is 0.323 e. The van der Waals surface area contributed by atoms with E-state index in [-0.39, 0.29) is 18.1 Å². The first-order valence-corrected chi connectivity index (χ1v) is 18.6. The Hall–Kier alpha value is -4.71. The lowest BCUT2D eigenvalue weighted by Gasteiger charge is -2.31. The van der Waals surface area contributed by atoms with Crippen molar-refractivity contribution in [1.29, 1.82) is 0 Å². The highest BCUT2D eigenvalue weighted by molar-refractivity contribution is 6.36. The zero-order chi connectivity index (χ0) is 37.3. The molecule has 3 aliphatic rings. The smallest absolute Gasteiger partial charge is 0.323 e. The van der Waals surface area contributed by atoms with Crippen molar-refractivity contribution in [3.63, 3.8) is 0 Å². The van der Waals surface area contributed by atoms with E-state index in [9.17, 15) is 14.7 Å². The predicted octanol–water partition coefficient (Wildman–Crippen LogP) is 6.66.